The van der Waals surface area contributed by atoms with Crippen molar-refractivity contribution in [1.82, 2.24) is 0 Å². The van der Waals surface area contributed by atoms with Crippen molar-refractivity contribution in [2.45, 2.75) is 123 Å². The number of aliphatic carboxylic acids is 1. The van der Waals surface area contributed by atoms with E-state index in [9.17, 15) is 13.6 Å². The lowest BCUT2D eigenvalue weighted by molar-refractivity contribution is -0.149. The van der Waals surface area contributed by atoms with E-state index in [0.29, 0.717) is 13.0 Å². The van der Waals surface area contributed by atoms with E-state index >= 15 is 0 Å². The number of hydrogen-bond acceptors (Lipinski definition) is 3. The molecule has 4 nitrogen and oxygen atoms in total. The highest BCUT2D eigenvalue weighted by Gasteiger charge is 2.10. The Morgan fingerprint density at radius 1 is 0.714 bits per heavy atom. The fourth-order valence-corrected chi connectivity index (χ4v) is 2.72. The topological polar surface area (TPSA) is 63.6 Å². The molecule has 0 amide bonds. The largest absolute Gasteiger partial charge is 0.477 e. The molecule has 0 heterocycles. The van der Waals surface area contributed by atoms with Gasteiger partial charge >= 0.3 is 18.4 Å². The molecule has 0 aliphatic carbocycles. The van der Waals surface area contributed by atoms with Gasteiger partial charge in [0.25, 0.3) is 0 Å². The third kappa shape index (κ3) is 27.0. The van der Waals surface area contributed by atoms with Crippen LogP contribution in [0.25, 0.3) is 0 Å². The molecule has 0 fully saturated rings. The first-order valence-electron chi connectivity index (χ1n) is 11.1. The van der Waals surface area contributed by atoms with Crippen LogP contribution in [0.5, 0.6) is 0 Å². The van der Waals surface area contributed by atoms with Gasteiger partial charge in [-0.25, -0.2) is 4.79 Å². The van der Waals surface area contributed by atoms with E-state index < -0.39 is 12.4 Å². The van der Waals surface area contributed by atoms with Gasteiger partial charge < -0.3 is 9.84 Å². The summed E-state index contributed by atoms with van der Waals surface area (Å²) in [5, 5.41) is 7.24. The molecular formula is C22H42F2O4. The summed E-state index contributed by atoms with van der Waals surface area (Å²) in [4.78, 5) is 20.5. The molecule has 0 aromatic rings. The van der Waals surface area contributed by atoms with Crippen molar-refractivity contribution in [1.29, 1.82) is 0 Å². The Kier molecular flexibility index (Phi) is 24.7. The monoisotopic (exact) mass is 408 g/mol. The highest BCUT2D eigenvalue weighted by molar-refractivity contribution is 5.70. The Morgan fingerprint density at radius 3 is 1.46 bits per heavy atom. The predicted molar refractivity (Wildman–Crippen MR) is 110 cm³/mol. The van der Waals surface area contributed by atoms with Crippen LogP contribution >= 0.6 is 0 Å². The maximum atomic E-state index is 11.6. The van der Waals surface area contributed by atoms with Crippen molar-refractivity contribution < 1.29 is 28.2 Å². The molecule has 0 spiro atoms. The van der Waals surface area contributed by atoms with Crippen LogP contribution in [0.15, 0.2) is 0 Å². The molecule has 0 atom stereocenters. The number of ether oxygens (including phenoxy) is 1. The molecule has 28 heavy (non-hydrogen) atoms. The zero-order chi connectivity index (χ0) is 21.5. The number of halogens is 2. The van der Waals surface area contributed by atoms with Gasteiger partial charge in [-0.2, -0.15) is 8.78 Å². The maximum Gasteiger partial charge on any atom is 0.371 e. The second kappa shape index (κ2) is 23.8. The lowest BCUT2D eigenvalue weighted by Crippen LogP contribution is -2.06. The average molecular weight is 409 g/mol. The van der Waals surface area contributed by atoms with Crippen molar-refractivity contribution in [3.05, 3.63) is 0 Å². The molecule has 0 aromatic carbocycles. The van der Waals surface area contributed by atoms with Gasteiger partial charge in [-0.1, -0.05) is 97.3 Å². The maximum absolute atomic E-state index is 11.6. The van der Waals surface area contributed by atoms with Crippen LogP contribution < -0.4 is 0 Å². The van der Waals surface area contributed by atoms with Gasteiger partial charge in [-0.15, -0.1) is 0 Å². The van der Waals surface area contributed by atoms with Crippen molar-refractivity contribution in [3.63, 3.8) is 0 Å². The van der Waals surface area contributed by atoms with E-state index in [-0.39, 0.29) is 5.97 Å². The predicted octanol–water partition coefficient (Wildman–Crippen LogP) is 7.15. The number of unbranched alkanes of at least 4 members (excludes halogenated alkanes) is 13. The Hall–Kier alpha value is -1.20. The van der Waals surface area contributed by atoms with Gasteiger partial charge in [0.2, 0.25) is 0 Å². The molecule has 0 aromatic heterocycles. The summed E-state index contributed by atoms with van der Waals surface area (Å²) in [7, 11) is 0. The van der Waals surface area contributed by atoms with Gasteiger partial charge in [0.15, 0.2) is 0 Å². The smallest absolute Gasteiger partial charge is 0.371 e. The zero-order valence-corrected chi connectivity index (χ0v) is 18.0. The Morgan fingerprint density at radius 2 is 1.07 bits per heavy atom. The van der Waals surface area contributed by atoms with Crippen LogP contribution in [-0.2, 0) is 14.3 Å². The number of carboxylic acid groups (broad SMARTS) is 1. The number of alkyl halides is 2. The number of esters is 1. The summed E-state index contributed by atoms with van der Waals surface area (Å²) in [6.07, 6.45) is 16.4. The third-order valence-corrected chi connectivity index (χ3v) is 4.43. The molecule has 0 aliphatic rings. The van der Waals surface area contributed by atoms with Gasteiger partial charge in [-0.3, -0.25) is 4.79 Å². The van der Waals surface area contributed by atoms with Crippen LogP contribution in [0.3, 0.4) is 0 Å². The molecule has 6 heteroatoms. The van der Waals surface area contributed by atoms with Crippen molar-refractivity contribution in [3.8, 4) is 0 Å². The standard InChI is InChI=1S/C20H40O2.C2H2F2O2/c1-3-5-7-9-11-13-15-17-19-22-20(21)18-16-14-12-10-8-6-4-2;3-1(4)2(5)6/h3-19H2,1-2H3;1H,(H,5,6). The molecule has 0 bridgehead atoms. The molecule has 0 saturated heterocycles. The third-order valence-electron chi connectivity index (χ3n) is 4.43. The number of carbonyl (C=O) groups excluding carboxylic acids is 1. The van der Waals surface area contributed by atoms with Crippen molar-refractivity contribution in [2.75, 3.05) is 6.61 Å². The summed E-state index contributed by atoms with van der Waals surface area (Å²) in [6.45, 7) is 5.12. The van der Waals surface area contributed by atoms with Gasteiger partial charge in [0, 0.05) is 6.42 Å². The fraction of sp³-hybridized carbons (Fsp3) is 0.909. The van der Waals surface area contributed by atoms with E-state index in [2.05, 4.69) is 13.8 Å². The zero-order valence-electron chi connectivity index (χ0n) is 18.0. The number of carboxylic acids is 1. The number of hydrogen-bond donors (Lipinski definition) is 1. The SMILES string of the molecule is CCCCCCCCCCOC(=O)CCCCCCCCC.O=C(O)C(F)F. The quantitative estimate of drug-likeness (QED) is 0.193. The molecule has 168 valence electrons. The summed E-state index contributed by atoms with van der Waals surface area (Å²) >= 11 is 0. The Bertz CT molecular complexity index is 349. The van der Waals surface area contributed by atoms with E-state index in [1.807, 2.05) is 0 Å². The molecule has 0 unspecified atom stereocenters. The minimum absolute atomic E-state index is 0.0107. The molecule has 0 rings (SSSR count). The van der Waals surface area contributed by atoms with Crippen molar-refractivity contribution in [2.24, 2.45) is 0 Å². The van der Waals surface area contributed by atoms with Crippen LogP contribution in [0, 0.1) is 0 Å². The molecule has 0 radical (unpaired) electrons. The van der Waals surface area contributed by atoms with Crippen LogP contribution in [0.2, 0.25) is 0 Å². The highest BCUT2D eigenvalue weighted by atomic mass is 19.3. The van der Waals surface area contributed by atoms with Crippen LogP contribution in [0.4, 0.5) is 8.78 Å². The van der Waals surface area contributed by atoms with Crippen LogP contribution in [0.1, 0.15) is 117 Å². The molecular weight excluding hydrogens is 366 g/mol. The van der Waals surface area contributed by atoms with E-state index in [4.69, 9.17) is 14.6 Å². The minimum Gasteiger partial charge on any atom is -0.477 e. The lowest BCUT2D eigenvalue weighted by Gasteiger charge is -2.05. The lowest BCUT2D eigenvalue weighted by atomic mass is 10.1. The highest BCUT2D eigenvalue weighted by Crippen LogP contribution is 2.10. The van der Waals surface area contributed by atoms with Crippen molar-refractivity contribution >= 4 is 11.9 Å². The minimum atomic E-state index is -3.23. The van der Waals surface area contributed by atoms with Crippen LogP contribution in [-0.4, -0.2) is 30.1 Å². The average Bonchev–Trinajstić information content (AvgIpc) is 2.66. The second-order valence-electron chi connectivity index (χ2n) is 7.21. The first-order valence-corrected chi connectivity index (χ1v) is 11.1. The number of carbonyl (C=O) groups is 2. The van der Waals surface area contributed by atoms with E-state index in [0.717, 1.165) is 12.8 Å². The fourth-order valence-electron chi connectivity index (χ4n) is 2.72. The van der Waals surface area contributed by atoms with E-state index in [1.165, 1.54) is 83.5 Å². The molecule has 1 N–H and O–H groups in total. The van der Waals surface area contributed by atoms with Gasteiger partial charge in [0.05, 0.1) is 6.61 Å². The summed E-state index contributed by atoms with van der Waals surface area (Å²) < 4.78 is 26.4. The second-order valence-corrected chi connectivity index (χ2v) is 7.21. The molecule has 0 saturated carbocycles. The first-order chi connectivity index (χ1) is 13.5. The normalized spacial score (nSPS) is 10.5. The summed E-state index contributed by atoms with van der Waals surface area (Å²) in [6, 6.07) is 0. The van der Waals surface area contributed by atoms with Gasteiger partial charge in [0.1, 0.15) is 0 Å². The number of rotatable bonds is 18. The summed E-state index contributed by atoms with van der Waals surface area (Å²) in [5.74, 6) is -2.06. The van der Waals surface area contributed by atoms with E-state index in [1.54, 1.807) is 0 Å². The first kappa shape index (κ1) is 29.0. The van der Waals surface area contributed by atoms with Gasteiger partial charge in [-0.05, 0) is 12.8 Å². The Labute approximate surface area is 170 Å². The Balaban J connectivity index is 0. The summed E-state index contributed by atoms with van der Waals surface area (Å²) in [5.41, 5.74) is 0. The molecule has 0 aliphatic heterocycles.